The van der Waals surface area contributed by atoms with E-state index in [1.165, 1.54) is 0 Å². The van der Waals surface area contributed by atoms with E-state index >= 15 is 0 Å². The summed E-state index contributed by atoms with van der Waals surface area (Å²) >= 11 is 0. The maximum atomic E-state index is 12.3. The first-order valence-electron chi connectivity index (χ1n) is 13.9. The quantitative estimate of drug-likeness (QED) is 0.355. The van der Waals surface area contributed by atoms with Gasteiger partial charge in [-0.25, -0.2) is 0 Å². The van der Waals surface area contributed by atoms with Crippen LogP contribution in [0, 0.1) is 46.3 Å². The van der Waals surface area contributed by atoms with Crippen molar-refractivity contribution in [1.82, 2.24) is 5.32 Å². The molecule has 0 unspecified atom stereocenters. The smallest absolute Gasteiger partial charge is 0.266 e. The molecule has 4 fully saturated rings. The molecule has 4 aliphatic carbocycles. The molecular formula is C27H47NO7S. The highest BCUT2D eigenvalue weighted by Crippen LogP contribution is 2.68. The molecule has 0 aromatic rings. The highest BCUT2D eigenvalue weighted by Gasteiger charge is 2.66. The number of rotatable bonds is 8. The molecule has 0 bridgehead atoms. The lowest BCUT2D eigenvalue weighted by molar-refractivity contribution is -0.212. The Labute approximate surface area is 216 Å². The van der Waals surface area contributed by atoms with Crippen LogP contribution in [0.25, 0.3) is 0 Å². The molecule has 0 aromatic heterocycles. The molecular weight excluding hydrogens is 482 g/mol. The molecule has 0 heterocycles. The molecule has 9 heteroatoms. The van der Waals surface area contributed by atoms with Crippen LogP contribution in [-0.4, -0.2) is 66.8 Å². The van der Waals surface area contributed by atoms with E-state index in [1.807, 2.05) is 7.11 Å². The maximum absolute atomic E-state index is 12.3. The topological polar surface area (TPSA) is 133 Å². The molecule has 0 spiro atoms. The van der Waals surface area contributed by atoms with Crippen molar-refractivity contribution in [2.24, 2.45) is 46.3 Å². The van der Waals surface area contributed by atoms with Gasteiger partial charge in [0, 0.05) is 25.5 Å². The van der Waals surface area contributed by atoms with Gasteiger partial charge in [-0.15, -0.1) is 0 Å². The SMILES string of the molecule is CO[C@H]1C[C@H]2[C@@H]([C@H](O)C[C@@H]3C[C@H](O)CC[C@@]32C)[C@@H]2CC[C@H]([C@H](C)CCC(=O)NCCS(=O)(=O)O)[C@@]12C. The first kappa shape index (κ1) is 28.3. The third-order valence-corrected chi connectivity index (χ3v) is 12.0. The molecule has 0 saturated heterocycles. The van der Waals surface area contributed by atoms with Gasteiger partial charge in [-0.05, 0) is 92.3 Å². The number of carbonyl (C=O) groups is 1. The van der Waals surface area contributed by atoms with Crippen molar-refractivity contribution in [3.05, 3.63) is 0 Å². The molecule has 4 N–H and O–H groups in total. The fourth-order valence-corrected chi connectivity index (χ4v) is 9.78. The van der Waals surface area contributed by atoms with Crippen molar-refractivity contribution in [1.29, 1.82) is 0 Å². The summed E-state index contributed by atoms with van der Waals surface area (Å²) < 4.78 is 36.9. The fraction of sp³-hybridized carbons (Fsp3) is 0.963. The molecule has 4 rings (SSSR count). The molecule has 0 aromatic carbocycles. The molecule has 0 aliphatic heterocycles. The Hall–Kier alpha value is -0.740. The van der Waals surface area contributed by atoms with Gasteiger partial charge in [-0.3, -0.25) is 9.35 Å². The summed E-state index contributed by atoms with van der Waals surface area (Å²) in [6, 6.07) is 0. The third-order valence-electron chi connectivity index (χ3n) is 11.3. The molecule has 208 valence electrons. The molecule has 4 aliphatic rings. The summed E-state index contributed by atoms with van der Waals surface area (Å²) in [6.07, 6.45) is 7.01. The number of amides is 1. The predicted octanol–water partition coefficient (Wildman–Crippen LogP) is 3.02. The number of hydrogen-bond acceptors (Lipinski definition) is 6. The lowest BCUT2D eigenvalue weighted by atomic mass is 9.43. The molecule has 36 heavy (non-hydrogen) atoms. The zero-order chi connectivity index (χ0) is 26.5. The van der Waals surface area contributed by atoms with Crippen LogP contribution in [-0.2, 0) is 19.6 Å². The number of ether oxygens (including phenoxy) is 1. The minimum absolute atomic E-state index is 0.0743. The lowest BCUT2D eigenvalue weighted by Crippen LogP contribution is -2.62. The minimum Gasteiger partial charge on any atom is -0.393 e. The summed E-state index contributed by atoms with van der Waals surface area (Å²) in [7, 11) is -2.27. The van der Waals surface area contributed by atoms with Crippen LogP contribution in [0.4, 0.5) is 0 Å². The summed E-state index contributed by atoms with van der Waals surface area (Å²) in [5.41, 5.74) is 0.0558. The molecule has 8 nitrogen and oxygen atoms in total. The number of nitrogens with one attached hydrogen (secondary N) is 1. The number of hydrogen-bond donors (Lipinski definition) is 4. The number of carbonyl (C=O) groups excluding carboxylic acids is 1. The van der Waals surface area contributed by atoms with E-state index < -0.39 is 15.9 Å². The van der Waals surface area contributed by atoms with Crippen LogP contribution >= 0.6 is 0 Å². The van der Waals surface area contributed by atoms with Crippen molar-refractivity contribution in [3.8, 4) is 0 Å². The Kier molecular flexibility index (Phi) is 8.20. The Balaban J connectivity index is 1.47. The van der Waals surface area contributed by atoms with Gasteiger partial charge < -0.3 is 20.3 Å². The second kappa shape index (κ2) is 10.4. The number of aliphatic hydroxyl groups is 2. The van der Waals surface area contributed by atoms with Crippen molar-refractivity contribution < 1.29 is 32.7 Å². The zero-order valence-electron chi connectivity index (χ0n) is 22.4. The van der Waals surface area contributed by atoms with E-state index in [2.05, 4.69) is 26.1 Å². The minimum atomic E-state index is -4.09. The van der Waals surface area contributed by atoms with E-state index in [-0.39, 0.29) is 53.4 Å². The largest absolute Gasteiger partial charge is 0.393 e. The van der Waals surface area contributed by atoms with Gasteiger partial charge in [0.25, 0.3) is 10.1 Å². The van der Waals surface area contributed by atoms with E-state index in [0.29, 0.717) is 36.5 Å². The maximum Gasteiger partial charge on any atom is 0.266 e. The summed E-state index contributed by atoms with van der Waals surface area (Å²) in [5, 5.41) is 24.4. The van der Waals surface area contributed by atoms with Gasteiger partial charge in [0.15, 0.2) is 0 Å². The predicted molar refractivity (Wildman–Crippen MR) is 137 cm³/mol. The van der Waals surface area contributed by atoms with Crippen molar-refractivity contribution >= 4 is 16.0 Å². The third kappa shape index (κ3) is 5.12. The van der Waals surface area contributed by atoms with Crippen LogP contribution in [0.15, 0.2) is 0 Å². The Morgan fingerprint density at radius 1 is 1.11 bits per heavy atom. The monoisotopic (exact) mass is 529 g/mol. The number of aliphatic hydroxyl groups excluding tert-OH is 2. The van der Waals surface area contributed by atoms with Crippen LogP contribution < -0.4 is 5.32 Å². The van der Waals surface area contributed by atoms with Gasteiger partial charge in [-0.1, -0.05) is 20.8 Å². The van der Waals surface area contributed by atoms with E-state index in [0.717, 1.165) is 44.9 Å². The zero-order valence-corrected chi connectivity index (χ0v) is 23.2. The summed E-state index contributed by atoms with van der Waals surface area (Å²) in [5.74, 6) is 1.36. The summed E-state index contributed by atoms with van der Waals surface area (Å²) in [6.45, 7) is 6.88. The average molecular weight is 530 g/mol. The Morgan fingerprint density at radius 2 is 1.83 bits per heavy atom. The summed E-state index contributed by atoms with van der Waals surface area (Å²) in [4.78, 5) is 12.3. The van der Waals surface area contributed by atoms with Gasteiger partial charge in [-0.2, -0.15) is 8.42 Å². The standard InChI is InChI=1S/C27H47NO7S/c1-16(5-8-24(31)28-11-12-36(32,33)34)19-6-7-20-25-21(15-23(35-4)27(19,20)3)26(2)10-9-18(29)13-17(26)14-22(25)30/h16-23,25,29-30H,5-15H2,1-4H3,(H,28,31)(H,32,33,34)/t16-,17+,18-,19-,20+,21+,22-,23+,25+,26+,27-/m1/s1. The van der Waals surface area contributed by atoms with Gasteiger partial charge in [0.1, 0.15) is 0 Å². The Bertz CT molecular complexity index is 912. The second-order valence-electron chi connectivity index (χ2n) is 12.9. The molecule has 4 saturated carbocycles. The molecule has 1 amide bonds. The van der Waals surface area contributed by atoms with Crippen molar-refractivity contribution in [3.63, 3.8) is 0 Å². The molecule has 0 radical (unpaired) electrons. The van der Waals surface area contributed by atoms with Crippen LogP contribution in [0.3, 0.4) is 0 Å². The first-order valence-corrected chi connectivity index (χ1v) is 15.5. The highest BCUT2D eigenvalue weighted by atomic mass is 32.2. The van der Waals surface area contributed by atoms with E-state index in [1.54, 1.807) is 0 Å². The van der Waals surface area contributed by atoms with Crippen LogP contribution in [0.1, 0.15) is 78.6 Å². The van der Waals surface area contributed by atoms with Crippen molar-refractivity contribution in [2.45, 2.75) is 96.9 Å². The lowest BCUT2D eigenvalue weighted by Gasteiger charge is -2.64. The van der Waals surface area contributed by atoms with E-state index in [9.17, 15) is 23.4 Å². The average Bonchev–Trinajstić information content (AvgIpc) is 3.15. The first-order chi connectivity index (χ1) is 16.8. The molecule has 11 atom stereocenters. The van der Waals surface area contributed by atoms with E-state index in [4.69, 9.17) is 9.29 Å². The van der Waals surface area contributed by atoms with Crippen LogP contribution in [0.5, 0.6) is 0 Å². The van der Waals surface area contributed by atoms with Gasteiger partial charge in [0.05, 0.1) is 24.1 Å². The number of methoxy groups -OCH3 is 1. The van der Waals surface area contributed by atoms with Crippen molar-refractivity contribution in [2.75, 3.05) is 19.4 Å². The van der Waals surface area contributed by atoms with Gasteiger partial charge in [0.2, 0.25) is 5.91 Å². The van der Waals surface area contributed by atoms with Gasteiger partial charge >= 0.3 is 0 Å². The number of fused-ring (bicyclic) bond motifs is 5. The second-order valence-corrected chi connectivity index (χ2v) is 14.5. The Morgan fingerprint density at radius 3 is 2.50 bits per heavy atom. The normalized spacial score (nSPS) is 45.3. The highest BCUT2D eigenvalue weighted by molar-refractivity contribution is 7.85. The van der Waals surface area contributed by atoms with Crippen LogP contribution in [0.2, 0.25) is 0 Å². The fourth-order valence-electron chi connectivity index (χ4n) is 9.42.